The molecule has 0 unspecified atom stereocenters. The number of aryl methyl sites for hydroxylation is 2. The molecule has 21 heavy (non-hydrogen) atoms. The number of halogens is 1. The number of furan rings is 1. The third-order valence-electron chi connectivity index (χ3n) is 3.07. The van der Waals surface area contributed by atoms with Crippen molar-refractivity contribution in [3.8, 4) is 0 Å². The summed E-state index contributed by atoms with van der Waals surface area (Å²) in [6.07, 6.45) is 1.73. The second-order valence-corrected chi connectivity index (χ2v) is 7.30. The Bertz CT molecular complexity index is 756. The number of carbonyl (C=O) groups is 1. The largest absolute Gasteiger partial charge is 0.451 e. The molecule has 0 N–H and O–H groups in total. The quantitative estimate of drug-likeness (QED) is 0.413. The molecule has 4 nitrogen and oxygen atoms in total. The molecule has 1 aliphatic rings. The fraction of sp³-hybridized carbons (Fsp3) is 0.143. The summed E-state index contributed by atoms with van der Waals surface area (Å²) in [5.74, 6) is 0.527. The van der Waals surface area contributed by atoms with Crippen LogP contribution in [0.3, 0.4) is 0 Å². The highest BCUT2D eigenvalue weighted by Gasteiger charge is 2.34. The Kier molecular flexibility index (Phi) is 3.98. The smallest absolute Gasteiger partial charge is 0.285 e. The summed E-state index contributed by atoms with van der Waals surface area (Å²) < 4.78 is 8.62. The minimum absolute atomic E-state index is 0.126. The molecule has 0 aliphatic carbocycles. The standard InChI is InChI=1S/C14H11IN2O2S2/c1-8-3-4-9(2)16(8)17-13(18)11(21-14(17)20)7-10-5-6-12(15)19-10/h3-7H,1-2H3/b11-7-. The molecule has 2 aromatic rings. The summed E-state index contributed by atoms with van der Waals surface area (Å²) in [5, 5.41) is 1.53. The van der Waals surface area contributed by atoms with Gasteiger partial charge in [0, 0.05) is 17.5 Å². The zero-order valence-corrected chi connectivity index (χ0v) is 15.1. The molecule has 108 valence electrons. The van der Waals surface area contributed by atoms with E-state index in [2.05, 4.69) is 22.6 Å². The van der Waals surface area contributed by atoms with Crippen LogP contribution in [0.25, 0.3) is 6.08 Å². The van der Waals surface area contributed by atoms with E-state index in [-0.39, 0.29) is 5.91 Å². The molecule has 0 radical (unpaired) electrons. The van der Waals surface area contributed by atoms with Gasteiger partial charge >= 0.3 is 0 Å². The van der Waals surface area contributed by atoms with E-state index in [1.807, 2.05) is 42.8 Å². The number of thioether (sulfide) groups is 1. The van der Waals surface area contributed by atoms with Crippen LogP contribution in [-0.2, 0) is 4.79 Å². The maximum Gasteiger partial charge on any atom is 0.285 e. The van der Waals surface area contributed by atoms with Crippen LogP contribution >= 0.6 is 46.6 Å². The molecular weight excluding hydrogens is 419 g/mol. The molecule has 1 aliphatic heterocycles. The molecular formula is C14H11IN2O2S2. The predicted octanol–water partition coefficient (Wildman–Crippen LogP) is 3.84. The Hall–Kier alpha value is -1.06. The average molecular weight is 430 g/mol. The molecule has 3 rings (SSSR count). The fourth-order valence-corrected chi connectivity index (χ4v) is 3.80. The van der Waals surface area contributed by atoms with Crippen molar-refractivity contribution in [2.75, 3.05) is 5.01 Å². The van der Waals surface area contributed by atoms with Crippen molar-refractivity contribution < 1.29 is 9.21 Å². The molecule has 1 amide bonds. The maximum atomic E-state index is 12.6. The maximum absolute atomic E-state index is 12.6. The second-order valence-electron chi connectivity index (χ2n) is 4.56. The Morgan fingerprint density at radius 2 is 1.90 bits per heavy atom. The van der Waals surface area contributed by atoms with Gasteiger partial charge in [-0.1, -0.05) is 11.8 Å². The topological polar surface area (TPSA) is 38.4 Å². The van der Waals surface area contributed by atoms with Gasteiger partial charge in [0.25, 0.3) is 5.91 Å². The Morgan fingerprint density at radius 3 is 2.48 bits per heavy atom. The van der Waals surface area contributed by atoms with Crippen molar-refractivity contribution in [2.45, 2.75) is 13.8 Å². The molecule has 0 bridgehead atoms. The number of nitrogens with zero attached hydrogens (tertiary/aromatic N) is 2. The van der Waals surface area contributed by atoms with Gasteiger partial charge in [0.2, 0.25) is 0 Å². The van der Waals surface area contributed by atoms with Gasteiger partial charge in [-0.15, -0.1) is 0 Å². The average Bonchev–Trinajstić information content (AvgIpc) is 3.05. The molecule has 0 spiro atoms. The summed E-state index contributed by atoms with van der Waals surface area (Å²) in [6.45, 7) is 3.90. The van der Waals surface area contributed by atoms with Gasteiger partial charge < -0.3 is 4.42 Å². The van der Waals surface area contributed by atoms with Crippen LogP contribution in [0.5, 0.6) is 0 Å². The molecule has 0 aromatic carbocycles. The molecule has 7 heteroatoms. The van der Waals surface area contributed by atoms with Gasteiger partial charge in [0.1, 0.15) is 5.76 Å². The third kappa shape index (κ3) is 2.69. The molecule has 0 atom stereocenters. The summed E-state index contributed by atoms with van der Waals surface area (Å²) in [7, 11) is 0. The lowest BCUT2D eigenvalue weighted by Gasteiger charge is -2.20. The number of rotatable bonds is 2. The molecule has 1 saturated heterocycles. The van der Waals surface area contributed by atoms with Crippen LogP contribution in [0.15, 0.2) is 33.6 Å². The molecule has 3 heterocycles. The van der Waals surface area contributed by atoms with Crippen molar-refractivity contribution in [1.82, 2.24) is 4.68 Å². The fourth-order valence-electron chi connectivity index (χ4n) is 2.14. The van der Waals surface area contributed by atoms with Crippen molar-refractivity contribution >= 4 is 62.9 Å². The van der Waals surface area contributed by atoms with Crippen LogP contribution in [0.4, 0.5) is 0 Å². The van der Waals surface area contributed by atoms with Gasteiger partial charge in [-0.3, -0.25) is 9.47 Å². The third-order valence-corrected chi connectivity index (χ3v) is 4.94. The van der Waals surface area contributed by atoms with Crippen LogP contribution in [0.1, 0.15) is 17.1 Å². The summed E-state index contributed by atoms with van der Waals surface area (Å²) in [5.41, 5.74) is 1.94. The van der Waals surface area contributed by atoms with Crippen LogP contribution in [0, 0.1) is 17.6 Å². The highest BCUT2D eigenvalue weighted by Crippen LogP contribution is 2.33. The number of hydrogen-bond donors (Lipinski definition) is 0. The van der Waals surface area contributed by atoms with E-state index in [1.165, 1.54) is 16.8 Å². The van der Waals surface area contributed by atoms with Crippen LogP contribution in [-0.4, -0.2) is 14.9 Å². The number of carbonyl (C=O) groups excluding carboxylic acids is 1. The first-order valence-corrected chi connectivity index (χ1v) is 8.46. The SMILES string of the molecule is Cc1ccc(C)n1N1C(=O)/C(=C/c2ccc(I)o2)SC1=S. The minimum Gasteiger partial charge on any atom is -0.451 e. The van der Waals surface area contributed by atoms with E-state index >= 15 is 0 Å². The van der Waals surface area contributed by atoms with E-state index < -0.39 is 0 Å². The lowest BCUT2D eigenvalue weighted by atomic mass is 10.4. The van der Waals surface area contributed by atoms with Gasteiger partial charge in [-0.2, -0.15) is 5.01 Å². The van der Waals surface area contributed by atoms with Crippen LogP contribution in [0.2, 0.25) is 0 Å². The first-order valence-electron chi connectivity index (χ1n) is 6.16. The van der Waals surface area contributed by atoms with Gasteiger partial charge in [-0.05, 0) is 72.9 Å². The van der Waals surface area contributed by atoms with Crippen molar-refractivity contribution in [3.05, 3.63) is 50.1 Å². The summed E-state index contributed by atoms with van der Waals surface area (Å²) in [4.78, 5) is 13.2. The molecule has 1 fully saturated rings. The highest BCUT2D eigenvalue weighted by atomic mass is 127. The van der Waals surface area contributed by atoms with Gasteiger partial charge in [-0.25, -0.2) is 0 Å². The number of aromatic nitrogens is 1. The summed E-state index contributed by atoms with van der Waals surface area (Å²) in [6, 6.07) is 7.62. The first kappa shape index (κ1) is 14.9. The van der Waals surface area contributed by atoms with Gasteiger partial charge in [0.05, 0.1) is 4.91 Å². The van der Waals surface area contributed by atoms with Crippen LogP contribution < -0.4 is 5.01 Å². The minimum atomic E-state index is -0.126. The molecule has 2 aromatic heterocycles. The molecule has 0 saturated carbocycles. The van der Waals surface area contributed by atoms with E-state index in [0.29, 0.717) is 15.0 Å². The normalized spacial score (nSPS) is 17.3. The van der Waals surface area contributed by atoms with E-state index in [0.717, 1.165) is 15.2 Å². The monoisotopic (exact) mass is 430 g/mol. The summed E-state index contributed by atoms with van der Waals surface area (Å²) >= 11 is 8.73. The zero-order chi connectivity index (χ0) is 15.1. The predicted molar refractivity (Wildman–Crippen MR) is 96.7 cm³/mol. The number of hydrogen-bond acceptors (Lipinski definition) is 4. The lowest BCUT2D eigenvalue weighted by molar-refractivity contribution is -0.114. The lowest BCUT2D eigenvalue weighted by Crippen LogP contribution is -2.39. The number of thiocarbonyl (C=S) groups is 1. The van der Waals surface area contributed by atoms with Gasteiger partial charge in [0.15, 0.2) is 8.09 Å². The Morgan fingerprint density at radius 1 is 1.24 bits per heavy atom. The van der Waals surface area contributed by atoms with Crippen molar-refractivity contribution in [1.29, 1.82) is 0 Å². The van der Waals surface area contributed by atoms with E-state index in [9.17, 15) is 4.79 Å². The Balaban J connectivity index is 1.98. The second kappa shape index (κ2) is 5.62. The van der Waals surface area contributed by atoms with Crippen molar-refractivity contribution in [3.63, 3.8) is 0 Å². The Labute approximate surface area is 145 Å². The first-order chi connectivity index (χ1) is 9.97. The van der Waals surface area contributed by atoms with Crippen molar-refractivity contribution in [2.24, 2.45) is 0 Å². The van der Waals surface area contributed by atoms with E-state index in [4.69, 9.17) is 16.6 Å². The van der Waals surface area contributed by atoms with E-state index in [1.54, 1.807) is 6.08 Å². The zero-order valence-electron chi connectivity index (χ0n) is 11.3. The number of amides is 1. The highest BCUT2D eigenvalue weighted by molar-refractivity contribution is 14.1.